The van der Waals surface area contributed by atoms with Crippen LogP contribution in [0.4, 0.5) is 11.6 Å². The van der Waals surface area contributed by atoms with Gasteiger partial charge in [0.15, 0.2) is 5.16 Å². The zero-order chi connectivity index (χ0) is 24.1. The van der Waals surface area contributed by atoms with E-state index >= 15 is 0 Å². The minimum Gasteiger partial charge on any atom is -0.378 e. The largest absolute Gasteiger partial charge is 0.378 e. The third-order valence-electron chi connectivity index (χ3n) is 6.28. The van der Waals surface area contributed by atoms with E-state index in [0.29, 0.717) is 24.3 Å². The van der Waals surface area contributed by atoms with Crippen LogP contribution in [0.25, 0.3) is 5.69 Å². The number of para-hydroxylation sites is 2. The van der Waals surface area contributed by atoms with Crippen molar-refractivity contribution < 1.29 is 9.53 Å². The molecule has 8 heteroatoms. The van der Waals surface area contributed by atoms with Crippen molar-refractivity contribution in [2.24, 2.45) is 0 Å². The molecule has 1 N–H and O–H groups in total. The van der Waals surface area contributed by atoms with Crippen LogP contribution in [0.1, 0.15) is 44.2 Å². The number of nitrogens with one attached hydrogen (secondary N) is 1. The summed E-state index contributed by atoms with van der Waals surface area (Å²) in [6.07, 6.45) is 1.01. The minimum atomic E-state index is -0.352. The summed E-state index contributed by atoms with van der Waals surface area (Å²) in [5, 5.41) is 12.5. The van der Waals surface area contributed by atoms with E-state index in [9.17, 15) is 4.79 Å². The van der Waals surface area contributed by atoms with Gasteiger partial charge >= 0.3 is 0 Å². The molecule has 0 aliphatic carbocycles. The van der Waals surface area contributed by atoms with Crippen LogP contribution in [0.15, 0.2) is 53.7 Å². The van der Waals surface area contributed by atoms with Gasteiger partial charge < -0.3 is 15.0 Å². The minimum absolute atomic E-state index is 0.0481. The summed E-state index contributed by atoms with van der Waals surface area (Å²) in [5.74, 6) is 1.11. The van der Waals surface area contributed by atoms with Gasteiger partial charge in [-0.3, -0.25) is 9.36 Å². The number of benzene rings is 2. The summed E-state index contributed by atoms with van der Waals surface area (Å²) in [6, 6.07) is 16.2. The molecule has 1 aliphatic rings. The van der Waals surface area contributed by atoms with Crippen molar-refractivity contribution in [3.8, 4) is 5.69 Å². The number of carbonyl (C=O) groups is 1. The number of carbonyl (C=O) groups excluding carboxylic acids is 1. The lowest BCUT2D eigenvalue weighted by Crippen LogP contribution is -2.38. The molecule has 0 spiro atoms. The number of nitrogens with zero attached hydrogens (tertiary/aromatic N) is 4. The van der Waals surface area contributed by atoms with Crippen LogP contribution in [-0.4, -0.2) is 52.2 Å². The molecule has 0 bridgehead atoms. The Morgan fingerprint density at radius 2 is 1.79 bits per heavy atom. The lowest BCUT2D eigenvalue weighted by Gasteiger charge is -2.28. The highest BCUT2D eigenvalue weighted by atomic mass is 32.2. The van der Waals surface area contributed by atoms with Crippen molar-refractivity contribution in [3.63, 3.8) is 0 Å². The van der Waals surface area contributed by atoms with Gasteiger partial charge in [-0.2, -0.15) is 0 Å². The Hall–Kier alpha value is -2.84. The SMILES string of the molecule is CC[C@@H](C)c1ccccc1NC(=O)[C@H](C)Sc1nnc(N2CCOCC2)n1-c1ccccc1C. The number of hydrogen-bond acceptors (Lipinski definition) is 6. The Morgan fingerprint density at radius 1 is 1.09 bits per heavy atom. The first-order valence-corrected chi connectivity index (χ1v) is 12.8. The van der Waals surface area contributed by atoms with E-state index in [4.69, 9.17) is 4.74 Å². The fourth-order valence-corrected chi connectivity index (χ4v) is 4.89. The number of hydrogen-bond donors (Lipinski definition) is 1. The van der Waals surface area contributed by atoms with Crippen LogP contribution in [0, 0.1) is 6.92 Å². The quantitative estimate of drug-likeness (QED) is 0.456. The molecule has 3 aromatic rings. The first-order chi connectivity index (χ1) is 16.5. The zero-order valence-electron chi connectivity index (χ0n) is 20.3. The Morgan fingerprint density at radius 3 is 2.53 bits per heavy atom. The van der Waals surface area contributed by atoms with E-state index in [0.717, 1.165) is 48.0 Å². The lowest BCUT2D eigenvalue weighted by molar-refractivity contribution is -0.115. The maximum atomic E-state index is 13.2. The fraction of sp³-hybridized carbons (Fsp3) is 0.423. The van der Waals surface area contributed by atoms with E-state index < -0.39 is 0 Å². The lowest BCUT2D eigenvalue weighted by atomic mass is 9.97. The summed E-state index contributed by atoms with van der Waals surface area (Å²) < 4.78 is 7.60. The van der Waals surface area contributed by atoms with Gasteiger partial charge in [-0.1, -0.05) is 62.0 Å². The topological polar surface area (TPSA) is 72.3 Å². The molecule has 2 atom stereocenters. The summed E-state index contributed by atoms with van der Waals surface area (Å²) in [5.41, 5.74) is 4.18. The maximum Gasteiger partial charge on any atom is 0.237 e. The molecule has 1 aliphatic heterocycles. The normalized spacial score (nSPS) is 15.7. The second-order valence-electron chi connectivity index (χ2n) is 8.65. The zero-order valence-corrected chi connectivity index (χ0v) is 21.1. The van der Waals surface area contributed by atoms with Crippen molar-refractivity contribution in [1.82, 2.24) is 14.8 Å². The van der Waals surface area contributed by atoms with Crippen molar-refractivity contribution >= 4 is 29.3 Å². The smallest absolute Gasteiger partial charge is 0.237 e. The molecule has 7 nitrogen and oxygen atoms in total. The van der Waals surface area contributed by atoms with Crippen LogP contribution in [0.2, 0.25) is 0 Å². The van der Waals surface area contributed by atoms with Gasteiger partial charge in [-0.05, 0) is 49.4 Å². The molecule has 34 heavy (non-hydrogen) atoms. The van der Waals surface area contributed by atoms with Gasteiger partial charge in [-0.25, -0.2) is 0 Å². The van der Waals surface area contributed by atoms with E-state index in [2.05, 4.69) is 64.0 Å². The number of ether oxygens (including phenoxy) is 1. The number of anilines is 2. The third kappa shape index (κ3) is 5.28. The van der Waals surface area contributed by atoms with E-state index in [-0.39, 0.29) is 11.2 Å². The molecular weight excluding hydrogens is 446 g/mol. The highest BCUT2D eigenvalue weighted by molar-refractivity contribution is 8.00. The number of rotatable bonds is 8. The van der Waals surface area contributed by atoms with Gasteiger partial charge in [0.1, 0.15) is 0 Å². The van der Waals surface area contributed by atoms with Gasteiger partial charge in [-0.15, -0.1) is 10.2 Å². The molecule has 1 aromatic heterocycles. The third-order valence-corrected chi connectivity index (χ3v) is 7.32. The first-order valence-electron chi connectivity index (χ1n) is 11.9. The molecular formula is C26H33N5O2S. The summed E-state index contributed by atoms with van der Waals surface area (Å²) in [6.45, 7) is 11.2. The van der Waals surface area contributed by atoms with Gasteiger partial charge in [0, 0.05) is 18.8 Å². The van der Waals surface area contributed by atoms with Gasteiger partial charge in [0.2, 0.25) is 11.9 Å². The van der Waals surface area contributed by atoms with E-state index in [1.54, 1.807) is 0 Å². The molecule has 0 saturated carbocycles. The molecule has 1 saturated heterocycles. The van der Waals surface area contributed by atoms with Gasteiger partial charge in [0.25, 0.3) is 0 Å². The molecule has 180 valence electrons. The number of amides is 1. The predicted molar refractivity (Wildman–Crippen MR) is 138 cm³/mol. The van der Waals surface area contributed by atoms with Crippen LogP contribution >= 0.6 is 11.8 Å². The average molecular weight is 480 g/mol. The van der Waals surface area contributed by atoms with Crippen LogP contribution in [-0.2, 0) is 9.53 Å². The molecule has 0 unspecified atom stereocenters. The van der Waals surface area contributed by atoms with Crippen molar-refractivity contribution in [3.05, 3.63) is 59.7 Å². The predicted octanol–water partition coefficient (Wildman–Crippen LogP) is 5.05. The molecule has 1 fully saturated rings. The maximum absolute atomic E-state index is 13.2. The Bertz CT molecular complexity index is 1130. The molecule has 4 rings (SSSR count). The monoisotopic (exact) mass is 479 g/mol. The Labute approximate surface area is 205 Å². The molecule has 2 heterocycles. The fourth-order valence-electron chi connectivity index (χ4n) is 4.04. The number of morpholine rings is 1. The molecule has 0 radical (unpaired) electrons. The number of aryl methyl sites for hydroxylation is 1. The highest BCUT2D eigenvalue weighted by Gasteiger charge is 2.26. The molecule has 1 amide bonds. The highest BCUT2D eigenvalue weighted by Crippen LogP contribution is 2.32. The number of thioether (sulfide) groups is 1. The second-order valence-corrected chi connectivity index (χ2v) is 9.96. The van der Waals surface area contributed by atoms with Crippen LogP contribution in [0.5, 0.6) is 0 Å². The Balaban J connectivity index is 1.59. The molecule has 2 aromatic carbocycles. The van der Waals surface area contributed by atoms with Crippen molar-refractivity contribution in [1.29, 1.82) is 0 Å². The van der Waals surface area contributed by atoms with E-state index in [1.165, 1.54) is 11.8 Å². The first kappa shape index (κ1) is 24.3. The average Bonchev–Trinajstić information content (AvgIpc) is 3.27. The van der Waals surface area contributed by atoms with Crippen LogP contribution in [0.3, 0.4) is 0 Å². The summed E-state index contributed by atoms with van der Waals surface area (Å²) >= 11 is 1.43. The second kappa shape index (κ2) is 11.1. The van der Waals surface area contributed by atoms with E-state index in [1.807, 2.05) is 37.3 Å². The van der Waals surface area contributed by atoms with Crippen molar-refractivity contribution in [2.75, 3.05) is 36.5 Å². The van der Waals surface area contributed by atoms with Crippen LogP contribution < -0.4 is 10.2 Å². The van der Waals surface area contributed by atoms with Crippen molar-refractivity contribution in [2.45, 2.75) is 50.4 Å². The van der Waals surface area contributed by atoms with Gasteiger partial charge in [0.05, 0.1) is 24.2 Å². The number of aromatic nitrogens is 3. The standard InChI is InChI=1S/C26H33N5O2S/c1-5-18(2)21-11-7-8-12-22(21)27-24(32)20(4)34-26-29-28-25(30-14-16-33-17-15-30)31(26)23-13-9-6-10-19(23)3/h6-13,18,20H,5,14-17H2,1-4H3,(H,27,32)/t18-,20+/m1/s1. The summed E-state index contributed by atoms with van der Waals surface area (Å²) in [7, 11) is 0. The summed E-state index contributed by atoms with van der Waals surface area (Å²) in [4.78, 5) is 15.4. The Kier molecular flexibility index (Phi) is 7.90.